The second kappa shape index (κ2) is 5.33. The summed E-state index contributed by atoms with van der Waals surface area (Å²) in [6.07, 6.45) is 10.8. The molecule has 3 saturated heterocycles. The predicted molar refractivity (Wildman–Crippen MR) is 76.7 cm³/mol. The standard InChI is InChI=1S/C15H22N4O2/c20-15(18-12-7-11-4-5-14(12)21-11)19-6-2-1-3-13(19)10-8-16-17-9-10/h8-9,11-14H,1-7H2,(H,16,17)(H,18,20)/t11-,12+,13+,14-/m1/s1. The molecule has 0 saturated carbocycles. The number of carbonyl (C=O) groups excluding carboxylic acids is 1. The van der Waals surface area contributed by atoms with Crippen molar-refractivity contribution in [2.45, 2.75) is 62.8 Å². The molecule has 4 atom stereocenters. The fourth-order valence-electron chi connectivity index (χ4n) is 4.00. The van der Waals surface area contributed by atoms with Crippen molar-refractivity contribution in [3.05, 3.63) is 18.0 Å². The number of urea groups is 1. The van der Waals surface area contributed by atoms with E-state index in [9.17, 15) is 4.79 Å². The number of ether oxygens (including phenoxy) is 1. The molecule has 2 bridgehead atoms. The smallest absolute Gasteiger partial charge is 0.318 e. The Morgan fingerprint density at radius 1 is 1.38 bits per heavy atom. The van der Waals surface area contributed by atoms with Crippen LogP contribution in [0, 0.1) is 0 Å². The highest BCUT2D eigenvalue weighted by molar-refractivity contribution is 5.75. The number of aromatic amines is 1. The van der Waals surface area contributed by atoms with Gasteiger partial charge in [-0.25, -0.2) is 4.79 Å². The van der Waals surface area contributed by atoms with Gasteiger partial charge in [0.05, 0.1) is 30.5 Å². The lowest BCUT2D eigenvalue weighted by Crippen LogP contribution is -2.50. The van der Waals surface area contributed by atoms with Crippen molar-refractivity contribution in [2.24, 2.45) is 0 Å². The Morgan fingerprint density at radius 2 is 2.33 bits per heavy atom. The van der Waals surface area contributed by atoms with E-state index in [2.05, 4.69) is 15.5 Å². The van der Waals surface area contributed by atoms with Crippen molar-refractivity contribution < 1.29 is 9.53 Å². The van der Waals surface area contributed by atoms with Gasteiger partial charge in [-0.1, -0.05) is 0 Å². The molecule has 6 heteroatoms. The summed E-state index contributed by atoms with van der Waals surface area (Å²) in [6.45, 7) is 0.823. The zero-order valence-electron chi connectivity index (χ0n) is 12.1. The molecule has 3 fully saturated rings. The van der Waals surface area contributed by atoms with Gasteiger partial charge >= 0.3 is 6.03 Å². The molecular formula is C15H22N4O2. The quantitative estimate of drug-likeness (QED) is 0.875. The maximum absolute atomic E-state index is 12.7. The number of fused-ring (bicyclic) bond motifs is 2. The lowest BCUT2D eigenvalue weighted by molar-refractivity contribution is 0.0951. The topological polar surface area (TPSA) is 70.2 Å². The summed E-state index contributed by atoms with van der Waals surface area (Å²) >= 11 is 0. The van der Waals surface area contributed by atoms with E-state index in [0.717, 1.165) is 50.6 Å². The number of aromatic nitrogens is 2. The average Bonchev–Trinajstić information content (AvgIpc) is 3.25. The van der Waals surface area contributed by atoms with E-state index in [0.29, 0.717) is 6.10 Å². The number of likely N-dealkylation sites (tertiary alicyclic amines) is 1. The third kappa shape index (κ3) is 2.41. The number of nitrogens with one attached hydrogen (secondary N) is 2. The molecule has 1 aromatic rings. The van der Waals surface area contributed by atoms with Crippen LogP contribution in [0.5, 0.6) is 0 Å². The minimum absolute atomic E-state index is 0.0575. The predicted octanol–water partition coefficient (Wildman–Crippen LogP) is 1.97. The van der Waals surface area contributed by atoms with Gasteiger partial charge in [-0.15, -0.1) is 0 Å². The molecule has 3 aliphatic heterocycles. The van der Waals surface area contributed by atoms with Crippen LogP contribution in [0.25, 0.3) is 0 Å². The molecule has 0 radical (unpaired) electrons. The van der Waals surface area contributed by atoms with E-state index in [1.165, 1.54) is 0 Å². The fraction of sp³-hybridized carbons (Fsp3) is 0.733. The lowest BCUT2D eigenvalue weighted by atomic mass is 9.95. The van der Waals surface area contributed by atoms with Crippen molar-refractivity contribution in [3.8, 4) is 0 Å². The van der Waals surface area contributed by atoms with Gasteiger partial charge in [0, 0.05) is 18.3 Å². The van der Waals surface area contributed by atoms with Gasteiger partial charge in [-0.3, -0.25) is 5.10 Å². The van der Waals surface area contributed by atoms with Crippen molar-refractivity contribution in [1.82, 2.24) is 20.4 Å². The lowest BCUT2D eigenvalue weighted by Gasteiger charge is -2.36. The van der Waals surface area contributed by atoms with Crippen LogP contribution in [0.2, 0.25) is 0 Å². The highest BCUT2D eigenvalue weighted by atomic mass is 16.5. The maximum atomic E-state index is 12.7. The number of amides is 2. The van der Waals surface area contributed by atoms with Gasteiger partial charge in [-0.05, 0) is 38.5 Å². The molecule has 1 aromatic heterocycles. The molecule has 21 heavy (non-hydrogen) atoms. The van der Waals surface area contributed by atoms with E-state index in [1.54, 1.807) is 0 Å². The first-order valence-electron chi connectivity index (χ1n) is 8.02. The van der Waals surface area contributed by atoms with Crippen molar-refractivity contribution in [2.75, 3.05) is 6.54 Å². The summed E-state index contributed by atoms with van der Waals surface area (Å²) in [6, 6.07) is 0.405. The Balaban J connectivity index is 1.44. The number of H-pyrrole nitrogens is 1. The van der Waals surface area contributed by atoms with Crippen molar-refractivity contribution in [1.29, 1.82) is 0 Å². The molecular weight excluding hydrogens is 268 g/mol. The summed E-state index contributed by atoms with van der Waals surface area (Å²) < 4.78 is 5.82. The summed E-state index contributed by atoms with van der Waals surface area (Å²) in [5.41, 5.74) is 1.11. The monoisotopic (exact) mass is 290 g/mol. The number of hydrogen-bond acceptors (Lipinski definition) is 3. The first-order chi connectivity index (χ1) is 10.3. The Hall–Kier alpha value is -1.56. The minimum Gasteiger partial charge on any atom is -0.373 e. The third-order valence-electron chi connectivity index (χ3n) is 5.08. The SMILES string of the molecule is O=C(N[C@H]1C[C@H]2CC[C@H]1O2)N1CCCC[C@H]1c1cn[nH]c1. The molecule has 0 aromatic carbocycles. The molecule has 0 spiro atoms. The van der Waals surface area contributed by atoms with Crippen LogP contribution in [0.1, 0.15) is 50.1 Å². The van der Waals surface area contributed by atoms with Crippen LogP contribution in [0.15, 0.2) is 12.4 Å². The second-order valence-corrected chi connectivity index (χ2v) is 6.40. The Bertz CT molecular complexity index is 504. The van der Waals surface area contributed by atoms with E-state index < -0.39 is 0 Å². The van der Waals surface area contributed by atoms with Crippen LogP contribution in [0.4, 0.5) is 4.79 Å². The summed E-state index contributed by atoms with van der Waals surface area (Å²) in [4.78, 5) is 14.6. The zero-order chi connectivity index (χ0) is 14.2. The molecule has 2 amide bonds. The van der Waals surface area contributed by atoms with Crippen LogP contribution in [0.3, 0.4) is 0 Å². The Kier molecular flexibility index (Phi) is 3.33. The minimum atomic E-state index is 0.0575. The van der Waals surface area contributed by atoms with Crippen LogP contribution in [-0.4, -0.2) is 45.9 Å². The highest BCUT2D eigenvalue weighted by Gasteiger charge is 2.42. The first kappa shape index (κ1) is 13.1. The Labute approximate surface area is 124 Å². The van der Waals surface area contributed by atoms with Crippen LogP contribution >= 0.6 is 0 Å². The van der Waals surface area contributed by atoms with E-state index >= 15 is 0 Å². The van der Waals surface area contributed by atoms with Gasteiger partial charge in [0.25, 0.3) is 0 Å². The fourth-order valence-corrected chi connectivity index (χ4v) is 4.00. The second-order valence-electron chi connectivity index (χ2n) is 6.40. The molecule has 3 aliphatic rings. The van der Waals surface area contributed by atoms with Crippen LogP contribution in [-0.2, 0) is 4.74 Å². The van der Waals surface area contributed by atoms with E-state index in [-0.39, 0.29) is 24.2 Å². The van der Waals surface area contributed by atoms with Gasteiger partial charge < -0.3 is 15.0 Å². The van der Waals surface area contributed by atoms with E-state index in [4.69, 9.17) is 4.74 Å². The highest BCUT2D eigenvalue weighted by Crippen LogP contribution is 2.35. The number of rotatable bonds is 2. The maximum Gasteiger partial charge on any atom is 0.318 e. The average molecular weight is 290 g/mol. The number of nitrogens with zero attached hydrogens (tertiary/aromatic N) is 2. The largest absolute Gasteiger partial charge is 0.373 e. The third-order valence-corrected chi connectivity index (χ3v) is 5.08. The normalized spacial score (nSPS) is 35.1. The van der Waals surface area contributed by atoms with Gasteiger partial charge in [-0.2, -0.15) is 5.10 Å². The molecule has 114 valence electrons. The van der Waals surface area contributed by atoms with Gasteiger partial charge in [0.15, 0.2) is 0 Å². The molecule has 0 unspecified atom stereocenters. The molecule has 4 rings (SSSR count). The van der Waals surface area contributed by atoms with Crippen molar-refractivity contribution >= 4 is 6.03 Å². The zero-order valence-corrected chi connectivity index (χ0v) is 12.1. The number of piperidine rings is 1. The number of carbonyl (C=O) groups is 1. The van der Waals surface area contributed by atoms with E-state index in [1.807, 2.05) is 17.3 Å². The van der Waals surface area contributed by atoms with Gasteiger partial charge in [0.2, 0.25) is 0 Å². The first-order valence-corrected chi connectivity index (χ1v) is 8.02. The summed E-state index contributed by atoms with van der Waals surface area (Å²) in [5, 5.41) is 10.1. The van der Waals surface area contributed by atoms with Gasteiger partial charge in [0.1, 0.15) is 0 Å². The molecule has 0 aliphatic carbocycles. The van der Waals surface area contributed by atoms with Crippen LogP contribution < -0.4 is 5.32 Å². The van der Waals surface area contributed by atoms with Crippen molar-refractivity contribution in [3.63, 3.8) is 0 Å². The summed E-state index contributed by atoms with van der Waals surface area (Å²) in [7, 11) is 0. The molecule has 4 heterocycles. The summed E-state index contributed by atoms with van der Waals surface area (Å²) in [5.74, 6) is 0. The molecule has 2 N–H and O–H groups in total. The Morgan fingerprint density at radius 3 is 3.05 bits per heavy atom. The number of hydrogen-bond donors (Lipinski definition) is 2. The molecule has 6 nitrogen and oxygen atoms in total.